The topological polar surface area (TPSA) is 96.5 Å². The maximum atomic E-state index is 15.1. The van der Waals surface area contributed by atoms with E-state index in [2.05, 4.69) is 6.07 Å². The van der Waals surface area contributed by atoms with Crippen molar-refractivity contribution in [3.05, 3.63) is 113 Å². The molecule has 3 aliphatic rings. The Morgan fingerprint density at radius 2 is 1.35 bits per heavy atom. The van der Waals surface area contributed by atoms with Gasteiger partial charge in [-0.1, -0.05) is 78.9 Å². The number of para-hydroxylation sites is 1. The van der Waals surface area contributed by atoms with Gasteiger partial charge in [0.05, 0.1) is 18.8 Å². The Morgan fingerprint density at radius 1 is 0.694 bits per heavy atom. The standard InChI is InChI=1S/C40H41N3O6/c1-40(2,3)49-39(47)43-31-16-10-9-14-28(31)23-34(43)37(45)42-32(29-18-17-25-11-5-6-12-26(25)21-29)19-20-33(42)36(44)41-24-30-15-8-7-13-27(30)22-35(41)38(46)48-4/h5-18,21,32-35H,19-20,22-24H2,1-4H3/t32-,33+,34+,35+/m0/s1. The average molecular weight is 660 g/mol. The molecule has 0 saturated carbocycles. The molecule has 4 atom stereocenters. The van der Waals surface area contributed by atoms with Crippen molar-refractivity contribution < 1.29 is 28.7 Å². The van der Waals surface area contributed by atoms with Crippen molar-refractivity contribution in [3.63, 3.8) is 0 Å². The van der Waals surface area contributed by atoms with Crippen molar-refractivity contribution in [2.24, 2.45) is 0 Å². The van der Waals surface area contributed by atoms with E-state index in [9.17, 15) is 14.4 Å². The summed E-state index contributed by atoms with van der Waals surface area (Å²) in [5.41, 5.74) is 3.56. The van der Waals surface area contributed by atoms with Crippen LogP contribution in [0.1, 0.15) is 61.9 Å². The number of carbonyl (C=O) groups is 4. The SMILES string of the molecule is COC(=O)[C@H]1Cc2ccccc2CN1C(=O)[C@H]1CC[C@@H](c2ccc3ccccc3c2)N1C(=O)[C@H]1Cc2ccccc2N1C(=O)OC(C)(C)C. The van der Waals surface area contributed by atoms with Crippen LogP contribution in [0.2, 0.25) is 0 Å². The molecule has 3 heterocycles. The number of methoxy groups -OCH3 is 1. The molecular formula is C40H41N3O6. The van der Waals surface area contributed by atoms with Crippen LogP contribution in [0.15, 0.2) is 91.0 Å². The highest BCUT2D eigenvalue weighted by Gasteiger charge is 2.51. The molecule has 3 amide bonds. The Bertz CT molecular complexity index is 1950. The number of esters is 1. The Hall–Kier alpha value is -5.18. The molecule has 0 bridgehead atoms. The number of anilines is 1. The van der Waals surface area contributed by atoms with E-state index in [-0.39, 0.29) is 24.8 Å². The summed E-state index contributed by atoms with van der Waals surface area (Å²) in [6.07, 6.45) is 0.949. The molecule has 0 spiro atoms. The lowest BCUT2D eigenvalue weighted by Gasteiger charge is -2.40. The number of rotatable bonds is 4. The van der Waals surface area contributed by atoms with Crippen molar-refractivity contribution in [2.45, 2.75) is 82.8 Å². The van der Waals surface area contributed by atoms with Gasteiger partial charge in [0, 0.05) is 19.4 Å². The monoisotopic (exact) mass is 659 g/mol. The molecule has 0 aromatic heterocycles. The number of likely N-dealkylation sites (tertiary alicyclic amines) is 1. The summed E-state index contributed by atoms with van der Waals surface area (Å²) in [6, 6.07) is 26.4. The molecule has 0 radical (unpaired) electrons. The van der Waals surface area contributed by atoms with E-state index in [0.717, 1.165) is 33.0 Å². The van der Waals surface area contributed by atoms with Crippen LogP contribution in [0.25, 0.3) is 10.8 Å². The first-order valence-electron chi connectivity index (χ1n) is 16.9. The average Bonchev–Trinajstić information content (AvgIpc) is 3.72. The minimum atomic E-state index is -0.915. The summed E-state index contributed by atoms with van der Waals surface area (Å²) in [6.45, 7) is 5.61. The highest BCUT2D eigenvalue weighted by Crippen LogP contribution is 2.42. The molecule has 9 nitrogen and oxygen atoms in total. The predicted molar refractivity (Wildman–Crippen MR) is 186 cm³/mol. The summed E-state index contributed by atoms with van der Waals surface area (Å²) in [4.78, 5) is 61.6. The van der Waals surface area contributed by atoms with E-state index >= 15 is 4.79 Å². The van der Waals surface area contributed by atoms with Gasteiger partial charge in [-0.15, -0.1) is 0 Å². The third-order valence-electron chi connectivity index (χ3n) is 9.94. The molecule has 4 aromatic carbocycles. The maximum Gasteiger partial charge on any atom is 0.415 e. The Morgan fingerprint density at radius 3 is 2.08 bits per heavy atom. The van der Waals surface area contributed by atoms with Crippen molar-refractivity contribution in [3.8, 4) is 0 Å². The predicted octanol–water partition coefficient (Wildman–Crippen LogP) is 6.36. The molecule has 3 aliphatic heterocycles. The minimum absolute atomic E-state index is 0.229. The first-order valence-corrected chi connectivity index (χ1v) is 16.9. The first kappa shape index (κ1) is 32.4. The molecule has 0 unspecified atom stereocenters. The lowest BCUT2D eigenvalue weighted by Crippen LogP contribution is -2.58. The highest BCUT2D eigenvalue weighted by molar-refractivity contribution is 6.02. The molecule has 49 heavy (non-hydrogen) atoms. The Kier molecular flexibility index (Phi) is 8.38. The molecule has 9 heteroatoms. The van der Waals surface area contributed by atoms with E-state index in [4.69, 9.17) is 9.47 Å². The summed E-state index contributed by atoms with van der Waals surface area (Å²) in [5.74, 6) is -1.13. The highest BCUT2D eigenvalue weighted by atomic mass is 16.6. The molecule has 0 aliphatic carbocycles. The summed E-state index contributed by atoms with van der Waals surface area (Å²) < 4.78 is 11.0. The van der Waals surface area contributed by atoms with Gasteiger partial charge >= 0.3 is 12.1 Å². The molecule has 1 saturated heterocycles. The number of hydrogen-bond donors (Lipinski definition) is 0. The van der Waals surface area contributed by atoms with Gasteiger partial charge in [0.2, 0.25) is 11.8 Å². The maximum absolute atomic E-state index is 15.1. The van der Waals surface area contributed by atoms with Crippen LogP contribution in [0.4, 0.5) is 10.5 Å². The van der Waals surface area contributed by atoms with E-state index in [1.165, 1.54) is 12.0 Å². The molecule has 4 aromatic rings. The molecule has 0 N–H and O–H groups in total. The van der Waals surface area contributed by atoms with Gasteiger partial charge in [-0.05, 0) is 78.8 Å². The van der Waals surface area contributed by atoms with Crippen molar-refractivity contribution >= 4 is 40.3 Å². The van der Waals surface area contributed by atoms with Crippen molar-refractivity contribution in [1.29, 1.82) is 0 Å². The largest absolute Gasteiger partial charge is 0.467 e. The van der Waals surface area contributed by atoms with Crippen molar-refractivity contribution in [1.82, 2.24) is 9.80 Å². The second-order valence-corrected chi connectivity index (χ2v) is 14.1. The first-order chi connectivity index (χ1) is 23.5. The number of hydrogen-bond acceptors (Lipinski definition) is 6. The van der Waals surface area contributed by atoms with Gasteiger partial charge in [-0.2, -0.15) is 0 Å². The van der Waals surface area contributed by atoms with Crippen LogP contribution in [0, 0.1) is 0 Å². The zero-order chi connectivity index (χ0) is 34.4. The summed E-state index contributed by atoms with van der Waals surface area (Å²) in [5, 5.41) is 2.11. The fraction of sp³-hybridized carbons (Fsp3) is 0.350. The second-order valence-electron chi connectivity index (χ2n) is 14.1. The van der Waals surface area contributed by atoms with Gasteiger partial charge in [0.15, 0.2) is 0 Å². The number of fused-ring (bicyclic) bond motifs is 3. The van der Waals surface area contributed by atoms with Gasteiger partial charge in [-0.3, -0.25) is 14.5 Å². The van der Waals surface area contributed by atoms with E-state index in [1.807, 2.05) is 84.9 Å². The number of nitrogens with zero attached hydrogens (tertiary/aromatic N) is 3. The number of benzene rings is 4. The lowest BCUT2D eigenvalue weighted by molar-refractivity contribution is -0.157. The van der Waals surface area contributed by atoms with Crippen LogP contribution in [0.3, 0.4) is 0 Å². The lowest BCUT2D eigenvalue weighted by atomic mass is 9.93. The molecule has 7 rings (SSSR count). The minimum Gasteiger partial charge on any atom is -0.467 e. The third-order valence-corrected chi connectivity index (χ3v) is 9.94. The van der Waals surface area contributed by atoms with E-state index in [1.54, 1.807) is 30.6 Å². The number of ether oxygens (including phenoxy) is 2. The summed E-state index contributed by atoms with van der Waals surface area (Å²) >= 11 is 0. The Labute approximate surface area is 286 Å². The fourth-order valence-electron chi connectivity index (χ4n) is 7.69. The fourth-order valence-corrected chi connectivity index (χ4v) is 7.69. The van der Waals surface area contributed by atoms with Gasteiger partial charge in [0.1, 0.15) is 23.7 Å². The molecular weight excluding hydrogens is 618 g/mol. The van der Waals surface area contributed by atoms with Crippen LogP contribution >= 0.6 is 0 Å². The quantitative estimate of drug-likeness (QED) is 0.237. The smallest absolute Gasteiger partial charge is 0.415 e. The van der Waals surface area contributed by atoms with Crippen LogP contribution in [0.5, 0.6) is 0 Å². The van der Waals surface area contributed by atoms with Crippen LogP contribution in [-0.4, -0.2) is 64.5 Å². The van der Waals surface area contributed by atoms with Gasteiger partial charge in [-0.25, -0.2) is 9.59 Å². The normalized spacial score (nSPS) is 21.7. The van der Waals surface area contributed by atoms with Crippen molar-refractivity contribution in [2.75, 3.05) is 12.0 Å². The zero-order valence-corrected chi connectivity index (χ0v) is 28.3. The van der Waals surface area contributed by atoms with Gasteiger partial charge in [0.25, 0.3) is 0 Å². The van der Waals surface area contributed by atoms with E-state index in [0.29, 0.717) is 24.9 Å². The second kappa shape index (κ2) is 12.7. The molecule has 252 valence electrons. The van der Waals surface area contributed by atoms with E-state index < -0.39 is 41.8 Å². The van der Waals surface area contributed by atoms with Crippen LogP contribution in [-0.2, 0) is 43.2 Å². The Balaban J connectivity index is 1.30. The number of carbonyl (C=O) groups excluding carboxylic acids is 4. The zero-order valence-electron chi connectivity index (χ0n) is 28.3. The van der Waals surface area contributed by atoms with Crippen LogP contribution < -0.4 is 4.90 Å². The third kappa shape index (κ3) is 6.03. The summed E-state index contributed by atoms with van der Waals surface area (Å²) in [7, 11) is 1.33. The molecule has 1 fully saturated rings. The number of amides is 3. The van der Waals surface area contributed by atoms with Gasteiger partial charge < -0.3 is 19.3 Å².